The third-order valence-electron chi connectivity index (χ3n) is 3.46. The second kappa shape index (κ2) is 8.84. The zero-order chi connectivity index (χ0) is 19.1. The molecule has 26 heavy (non-hydrogen) atoms. The highest BCUT2D eigenvalue weighted by molar-refractivity contribution is 5.97. The van der Waals surface area contributed by atoms with Crippen LogP contribution >= 0.6 is 0 Å². The van der Waals surface area contributed by atoms with E-state index in [0.717, 1.165) is 0 Å². The predicted octanol–water partition coefficient (Wildman–Crippen LogP) is 3.42. The van der Waals surface area contributed by atoms with Crippen molar-refractivity contribution >= 4 is 17.6 Å². The van der Waals surface area contributed by atoms with Gasteiger partial charge in [0.05, 0.1) is 19.3 Å². The number of amides is 1. The number of carbonyl (C=O) groups excluding carboxylic acids is 2. The molecule has 0 saturated heterocycles. The number of methoxy groups -OCH3 is 1. The van der Waals surface area contributed by atoms with Gasteiger partial charge in [-0.1, -0.05) is 0 Å². The molecule has 2 aromatic rings. The lowest BCUT2D eigenvalue weighted by molar-refractivity contribution is -0.123. The fraction of sp³-hybridized carbons (Fsp3) is 0.263. The van der Waals surface area contributed by atoms with Crippen molar-refractivity contribution in [2.45, 2.75) is 20.0 Å². The van der Waals surface area contributed by atoms with Crippen LogP contribution in [-0.2, 0) is 9.53 Å². The molecule has 0 aliphatic rings. The fourth-order valence-electron chi connectivity index (χ4n) is 2.13. The molecule has 1 N–H and O–H groups in total. The van der Waals surface area contributed by atoms with E-state index >= 15 is 0 Å². The van der Waals surface area contributed by atoms with Gasteiger partial charge in [-0.05, 0) is 56.3 Å². The Labute approximate surface area is 150 Å². The summed E-state index contributed by atoms with van der Waals surface area (Å²) in [6.07, 6.45) is -1.04. The lowest BCUT2D eigenvalue weighted by Crippen LogP contribution is -2.30. The first-order chi connectivity index (χ1) is 12.4. The van der Waals surface area contributed by atoms with Crippen LogP contribution in [0.15, 0.2) is 42.5 Å². The third kappa shape index (κ3) is 4.95. The Hall–Kier alpha value is -3.09. The van der Waals surface area contributed by atoms with Crippen molar-refractivity contribution in [1.82, 2.24) is 0 Å². The van der Waals surface area contributed by atoms with Crippen LogP contribution in [0, 0.1) is 5.82 Å². The Morgan fingerprint density at radius 1 is 1.12 bits per heavy atom. The van der Waals surface area contributed by atoms with E-state index in [9.17, 15) is 14.0 Å². The first-order valence-corrected chi connectivity index (χ1v) is 8.02. The van der Waals surface area contributed by atoms with E-state index < -0.39 is 23.8 Å². The second-order valence-electron chi connectivity index (χ2n) is 5.34. The van der Waals surface area contributed by atoms with Crippen molar-refractivity contribution in [2.24, 2.45) is 0 Å². The number of hydrogen-bond donors (Lipinski definition) is 1. The minimum Gasteiger partial charge on any atom is -0.493 e. The summed E-state index contributed by atoms with van der Waals surface area (Å²) in [5.41, 5.74) is 0.637. The van der Waals surface area contributed by atoms with Crippen molar-refractivity contribution in [3.63, 3.8) is 0 Å². The van der Waals surface area contributed by atoms with Crippen LogP contribution in [0.4, 0.5) is 10.1 Å². The highest BCUT2D eigenvalue weighted by atomic mass is 19.1. The van der Waals surface area contributed by atoms with Crippen LogP contribution in [0.5, 0.6) is 11.5 Å². The standard InChI is InChI=1S/C19H20FNO5/c1-4-25-17-11-13(5-10-16(17)24-3)19(23)26-12(2)18(22)21-15-8-6-14(20)7-9-15/h5-12H,4H2,1-3H3,(H,21,22)/t12-/m0/s1. The zero-order valence-corrected chi connectivity index (χ0v) is 14.7. The molecule has 138 valence electrons. The first kappa shape index (κ1) is 19.2. The van der Waals surface area contributed by atoms with Crippen LogP contribution < -0.4 is 14.8 Å². The summed E-state index contributed by atoms with van der Waals surface area (Å²) >= 11 is 0. The lowest BCUT2D eigenvalue weighted by Gasteiger charge is -2.15. The number of anilines is 1. The molecule has 2 rings (SSSR count). The Balaban J connectivity index is 2.02. The number of carbonyl (C=O) groups is 2. The van der Waals surface area contributed by atoms with Gasteiger partial charge in [0.2, 0.25) is 0 Å². The summed E-state index contributed by atoms with van der Waals surface area (Å²) in [5, 5.41) is 2.55. The Kier molecular flexibility index (Phi) is 6.54. The van der Waals surface area contributed by atoms with Crippen molar-refractivity contribution < 1.29 is 28.2 Å². The summed E-state index contributed by atoms with van der Waals surface area (Å²) in [6, 6.07) is 9.88. The van der Waals surface area contributed by atoms with Gasteiger partial charge in [0, 0.05) is 5.69 Å². The quantitative estimate of drug-likeness (QED) is 0.765. The van der Waals surface area contributed by atoms with Crippen molar-refractivity contribution in [3.05, 3.63) is 53.8 Å². The highest BCUT2D eigenvalue weighted by Gasteiger charge is 2.20. The van der Waals surface area contributed by atoms with Gasteiger partial charge in [-0.25, -0.2) is 9.18 Å². The fourth-order valence-corrected chi connectivity index (χ4v) is 2.13. The molecular weight excluding hydrogens is 341 g/mol. The van der Waals surface area contributed by atoms with E-state index in [0.29, 0.717) is 23.8 Å². The molecule has 0 saturated carbocycles. The van der Waals surface area contributed by atoms with Gasteiger partial charge in [0.15, 0.2) is 17.6 Å². The lowest BCUT2D eigenvalue weighted by atomic mass is 10.2. The van der Waals surface area contributed by atoms with Gasteiger partial charge >= 0.3 is 5.97 Å². The van der Waals surface area contributed by atoms with Gasteiger partial charge in [0.25, 0.3) is 5.91 Å². The number of esters is 1. The Morgan fingerprint density at radius 3 is 2.42 bits per heavy atom. The number of ether oxygens (including phenoxy) is 3. The third-order valence-corrected chi connectivity index (χ3v) is 3.46. The second-order valence-corrected chi connectivity index (χ2v) is 5.34. The molecule has 6 nitrogen and oxygen atoms in total. The molecule has 0 radical (unpaired) electrons. The summed E-state index contributed by atoms with van der Waals surface area (Å²) < 4.78 is 28.6. The van der Waals surface area contributed by atoms with E-state index in [1.807, 2.05) is 6.92 Å². The van der Waals surface area contributed by atoms with Crippen LogP contribution in [0.3, 0.4) is 0 Å². The largest absolute Gasteiger partial charge is 0.493 e. The molecule has 0 fully saturated rings. The Morgan fingerprint density at radius 2 is 1.81 bits per heavy atom. The molecule has 0 spiro atoms. The molecule has 1 atom stereocenters. The van der Waals surface area contributed by atoms with E-state index in [4.69, 9.17) is 14.2 Å². The SMILES string of the molecule is CCOc1cc(C(=O)O[C@@H](C)C(=O)Nc2ccc(F)cc2)ccc1OC. The van der Waals surface area contributed by atoms with Crippen LogP contribution in [0.25, 0.3) is 0 Å². The average molecular weight is 361 g/mol. The predicted molar refractivity (Wildman–Crippen MR) is 94.1 cm³/mol. The highest BCUT2D eigenvalue weighted by Crippen LogP contribution is 2.28. The molecule has 1 amide bonds. The number of nitrogens with one attached hydrogen (secondary N) is 1. The van der Waals surface area contributed by atoms with Gasteiger partial charge in [-0.15, -0.1) is 0 Å². The number of hydrogen-bond acceptors (Lipinski definition) is 5. The minimum absolute atomic E-state index is 0.232. The molecular formula is C19H20FNO5. The Bertz CT molecular complexity index is 776. The molecule has 0 aromatic heterocycles. The molecule has 7 heteroatoms. The van der Waals surface area contributed by atoms with Crippen molar-refractivity contribution in [1.29, 1.82) is 0 Å². The van der Waals surface area contributed by atoms with Crippen LogP contribution in [0.2, 0.25) is 0 Å². The van der Waals surface area contributed by atoms with E-state index in [1.165, 1.54) is 50.4 Å². The summed E-state index contributed by atoms with van der Waals surface area (Å²) in [6.45, 7) is 3.67. The summed E-state index contributed by atoms with van der Waals surface area (Å²) in [4.78, 5) is 24.4. The van der Waals surface area contributed by atoms with E-state index in [1.54, 1.807) is 6.07 Å². The maximum atomic E-state index is 12.9. The monoisotopic (exact) mass is 361 g/mol. The molecule has 0 heterocycles. The van der Waals surface area contributed by atoms with Gasteiger partial charge in [-0.3, -0.25) is 4.79 Å². The maximum absolute atomic E-state index is 12.9. The van der Waals surface area contributed by atoms with Gasteiger partial charge < -0.3 is 19.5 Å². The number of benzene rings is 2. The summed E-state index contributed by atoms with van der Waals surface area (Å²) in [5.74, 6) is -0.704. The van der Waals surface area contributed by atoms with Gasteiger partial charge in [-0.2, -0.15) is 0 Å². The number of halogens is 1. The van der Waals surface area contributed by atoms with Crippen molar-refractivity contribution in [2.75, 3.05) is 19.0 Å². The van der Waals surface area contributed by atoms with Crippen molar-refractivity contribution in [3.8, 4) is 11.5 Å². The topological polar surface area (TPSA) is 73.9 Å². The zero-order valence-electron chi connectivity index (χ0n) is 14.7. The van der Waals surface area contributed by atoms with Gasteiger partial charge in [0.1, 0.15) is 5.82 Å². The normalized spacial score (nSPS) is 11.4. The average Bonchev–Trinajstić information content (AvgIpc) is 2.63. The van der Waals surface area contributed by atoms with Crippen LogP contribution in [-0.4, -0.2) is 31.7 Å². The summed E-state index contributed by atoms with van der Waals surface area (Å²) in [7, 11) is 1.50. The molecule has 0 unspecified atom stereocenters. The number of rotatable bonds is 7. The molecule has 0 aliphatic heterocycles. The van der Waals surface area contributed by atoms with E-state index in [2.05, 4.69) is 5.32 Å². The van der Waals surface area contributed by atoms with E-state index in [-0.39, 0.29) is 5.56 Å². The first-order valence-electron chi connectivity index (χ1n) is 8.02. The molecule has 2 aromatic carbocycles. The maximum Gasteiger partial charge on any atom is 0.339 e. The minimum atomic E-state index is -1.04. The smallest absolute Gasteiger partial charge is 0.339 e. The van der Waals surface area contributed by atoms with Crippen LogP contribution in [0.1, 0.15) is 24.2 Å². The molecule has 0 aliphatic carbocycles. The molecule has 0 bridgehead atoms.